The Morgan fingerprint density at radius 2 is 2.05 bits per heavy atom. The average Bonchev–Trinajstić information content (AvgIpc) is 3.14. The topological polar surface area (TPSA) is 26.3 Å². The summed E-state index contributed by atoms with van der Waals surface area (Å²) in [4.78, 5) is 11.8. The molecule has 1 fully saturated rings. The van der Waals surface area contributed by atoms with Crippen LogP contribution in [0.5, 0.6) is 0 Å². The maximum atomic E-state index is 12.7. The number of rotatable bonds is 3. The maximum Gasteiger partial charge on any atom is 0.416 e. The van der Waals surface area contributed by atoms with E-state index in [4.69, 9.17) is 4.74 Å². The number of ether oxygens (including phenoxy) is 1. The summed E-state index contributed by atoms with van der Waals surface area (Å²) in [5.41, 5.74) is -0.399. The van der Waals surface area contributed by atoms with Crippen LogP contribution in [0.25, 0.3) is 0 Å². The fourth-order valence-electron chi connectivity index (χ4n) is 2.09. The molecular weight excluding hydrogens is 325 g/mol. The van der Waals surface area contributed by atoms with Gasteiger partial charge in [-0.15, -0.1) is 0 Å². The fourth-order valence-corrected chi connectivity index (χ4v) is 2.58. The second-order valence-corrected chi connectivity index (χ2v) is 5.43. The Kier molecular flexibility index (Phi) is 3.90. The van der Waals surface area contributed by atoms with Gasteiger partial charge in [-0.25, -0.2) is 0 Å². The van der Waals surface area contributed by atoms with Crippen LogP contribution in [0.15, 0.2) is 22.7 Å². The van der Waals surface area contributed by atoms with Crippen molar-refractivity contribution in [2.75, 3.05) is 7.11 Å². The molecule has 1 atom stereocenters. The number of halogens is 4. The first-order valence-corrected chi connectivity index (χ1v) is 6.58. The van der Waals surface area contributed by atoms with Crippen molar-refractivity contribution in [3.63, 3.8) is 0 Å². The van der Waals surface area contributed by atoms with Crippen LogP contribution in [-0.2, 0) is 15.7 Å². The van der Waals surface area contributed by atoms with Crippen molar-refractivity contribution in [2.45, 2.75) is 24.9 Å². The summed E-state index contributed by atoms with van der Waals surface area (Å²) in [6.45, 7) is 0. The summed E-state index contributed by atoms with van der Waals surface area (Å²) in [6, 6.07) is 3.36. The summed E-state index contributed by atoms with van der Waals surface area (Å²) in [5, 5.41) is 0. The van der Waals surface area contributed by atoms with E-state index in [0.717, 1.165) is 25.0 Å². The van der Waals surface area contributed by atoms with Gasteiger partial charge in [0.05, 0.1) is 18.6 Å². The van der Waals surface area contributed by atoms with Gasteiger partial charge in [0.25, 0.3) is 0 Å². The van der Waals surface area contributed by atoms with Gasteiger partial charge in [-0.1, -0.05) is 15.9 Å². The van der Waals surface area contributed by atoms with E-state index in [2.05, 4.69) is 15.9 Å². The summed E-state index contributed by atoms with van der Waals surface area (Å²) < 4.78 is 43.4. The summed E-state index contributed by atoms with van der Waals surface area (Å²) >= 11 is 3.22. The molecule has 0 saturated heterocycles. The number of hydrogen-bond donors (Lipinski definition) is 0. The van der Waals surface area contributed by atoms with Crippen LogP contribution in [-0.4, -0.2) is 13.1 Å². The van der Waals surface area contributed by atoms with Crippen LogP contribution in [0.3, 0.4) is 0 Å². The van der Waals surface area contributed by atoms with E-state index < -0.39 is 23.6 Å². The maximum absolute atomic E-state index is 12.7. The highest BCUT2D eigenvalue weighted by Gasteiger charge is 2.40. The lowest BCUT2D eigenvalue weighted by molar-refractivity contribution is -0.143. The zero-order valence-corrected chi connectivity index (χ0v) is 11.7. The molecule has 2 rings (SSSR count). The summed E-state index contributed by atoms with van der Waals surface area (Å²) in [6.07, 6.45) is -2.75. The lowest BCUT2D eigenvalue weighted by atomic mass is 9.93. The van der Waals surface area contributed by atoms with Gasteiger partial charge in [-0.3, -0.25) is 4.79 Å². The first-order chi connectivity index (χ1) is 8.84. The SMILES string of the molecule is COC(=O)C(c1cc(C(F)(F)F)ccc1Br)C1CC1. The molecule has 0 amide bonds. The van der Waals surface area contributed by atoms with Gasteiger partial charge in [0, 0.05) is 4.47 Å². The van der Waals surface area contributed by atoms with Crippen molar-refractivity contribution in [1.29, 1.82) is 0 Å². The van der Waals surface area contributed by atoms with E-state index in [1.165, 1.54) is 13.2 Å². The first-order valence-electron chi connectivity index (χ1n) is 5.79. The number of methoxy groups -OCH3 is 1. The number of benzene rings is 1. The Labute approximate surface area is 117 Å². The largest absolute Gasteiger partial charge is 0.469 e. The molecular formula is C13H12BrF3O2. The van der Waals surface area contributed by atoms with Crippen molar-refractivity contribution < 1.29 is 22.7 Å². The van der Waals surface area contributed by atoms with E-state index in [1.54, 1.807) is 0 Å². The highest BCUT2D eigenvalue weighted by atomic mass is 79.9. The van der Waals surface area contributed by atoms with E-state index >= 15 is 0 Å². The minimum atomic E-state index is -4.42. The normalized spacial score (nSPS) is 17.1. The van der Waals surface area contributed by atoms with E-state index in [0.29, 0.717) is 10.0 Å². The summed E-state index contributed by atoms with van der Waals surface area (Å²) in [5.74, 6) is -1.03. The average molecular weight is 337 g/mol. The van der Waals surface area contributed by atoms with Crippen LogP contribution >= 0.6 is 15.9 Å². The second kappa shape index (κ2) is 5.15. The highest BCUT2D eigenvalue weighted by molar-refractivity contribution is 9.10. The number of carbonyl (C=O) groups is 1. The molecule has 19 heavy (non-hydrogen) atoms. The molecule has 1 unspecified atom stereocenters. The van der Waals surface area contributed by atoms with Crippen LogP contribution < -0.4 is 0 Å². The third kappa shape index (κ3) is 3.11. The quantitative estimate of drug-likeness (QED) is 0.775. The van der Waals surface area contributed by atoms with Crippen molar-refractivity contribution in [2.24, 2.45) is 5.92 Å². The lowest BCUT2D eigenvalue weighted by Crippen LogP contribution is -2.18. The Bertz CT molecular complexity index is 495. The van der Waals surface area contributed by atoms with Gasteiger partial charge in [0.1, 0.15) is 0 Å². The molecule has 1 aromatic carbocycles. The lowest BCUT2D eigenvalue weighted by Gasteiger charge is -2.17. The Morgan fingerprint density at radius 3 is 2.53 bits per heavy atom. The molecule has 0 heterocycles. The Hall–Kier alpha value is -1.04. The molecule has 1 aliphatic carbocycles. The predicted octanol–water partition coefficient (Wildman–Crippen LogP) is 4.13. The standard InChI is InChI=1S/C13H12BrF3O2/c1-19-12(18)11(7-2-3-7)9-6-8(13(15,16)17)4-5-10(9)14/h4-7,11H,2-3H2,1H3. The van der Waals surface area contributed by atoms with E-state index in [1.807, 2.05) is 0 Å². The Balaban J connectivity index is 2.44. The van der Waals surface area contributed by atoms with E-state index in [9.17, 15) is 18.0 Å². The second-order valence-electron chi connectivity index (χ2n) is 4.57. The van der Waals surface area contributed by atoms with Crippen LogP contribution in [0, 0.1) is 5.92 Å². The number of esters is 1. The molecule has 0 N–H and O–H groups in total. The van der Waals surface area contributed by atoms with E-state index in [-0.39, 0.29) is 5.92 Å². The zero-order valence-electron chi connectivity index (χ0n) is 10.1. The molecule has 0 radical (unpaired) electrons. The third-order valence-electron chi connectivity index (χ3n) is 3.21. The van der Waals surface area contributed by atoms with Crippen molar-refractivity contribution in [3.8, 4) is 0 Å². The highest BCUT2D eigenvalue weighted by Crippen LogP contribution is 2.46. The van der Waals surface area contributed by atoms with Crippen molar-refractivity contribution in [1.82, 2.24) is 0 Å². The minimum absolute atomic E-state index is 0.0761. The van der Waals surface area contributed by atoms with Gasteiger partial charge in [-0.05, 0) is 42.5 Å². The number of hydrogen-bond acceptors (Lipinski definition) is 2. The Morgan fingerprint density at radius 1 is 1.42 bits per heavy atom. The molecule has 1 aromatic rings. The molecule has 6 heteroatoms. The smallest absolute Gasteiger partial charge is 0.416 e. The fraction of sp³-hybridized carbons (Fsp3) is 0.462. The first kappa shape index (κ1) is 14.4. The molecule has 0 aliphatic heterocycles. The van der Waals surface area contributed by atoms with Crippen molar-refractivity contribution in [3.05, 3.63) is 33.8 Å². The molecule has 1 saturated carbocycles. The zero-order chi connectivity index (χ0) is 14.2. The van der Waals surface area contributed by atoms with Gasteiger partial charge in [-0.2, -0.15) is 13.2 Å². The van der Waals surface area contributed by atoms with Gasteiger partial charge in [0.2, 0.25) is 0 Å². The van der Waals surface area contributed by atoms with Crippen molar-refractivity contribution >= 4 is 21.9 Å². The number of alkyl halides is 3. The summed E-state index contributed by atoms with van der Waals surface area (Å²) in [7, 11) is 1.25. The monoisotopic (exact) mass is 336 g/mol. The molecule has 0 spiro atoms. The van der Waals surface area contributed by atoms with Crippen LogP contribution in [0.1, 0.15) is 29.9 Å². The third-order valence-corrected chi connectivity index (χ3v) is 3.93. The molecule has 104 valence electrons. The minimum Gasteiger partial charge on any atom is -0.469 e. The van der Waals surface area contributed by atoms with Crippen LogP contribution in [0.4, 0.5) is 13.2 Å². The van der Waals surface area contributed by atoms with Crippen LogP contribution in [0.2, 0.25) is 0 Å². The van der Waals surface area contributed by atoms with Gasteiger partial charge in [0.15, 0.2) is 0 Å². The molecule has 0 aromatic heterocycles. The molecule has 0 bridgehead atoms. The molecule has 2 nitrogen and oxygen atoms in total. The molecule has 1 aliphatic rings. The predicted molar refractivity (Wildman–Crippen MR) is 66.6 cm³/mol. The van der Waals surface area contributed by atoms with Gasteiger partial charge < -0.3 is 4.74 Å². The number of carbonyl (C=O) groups excluding carboxylic acids is 1. The van der Waals surface area contributed by atoms with Gasteiger partial charge >= 0.3 is 12.1 Å².